The number of ether oxygens (including phenoxy) is 1. The number of aryl methyl sites for hydroxylation is 1. The van der Waals surface area contributed by atoms with E-state index >= 15 is 0 Å². The van der Waals surface area contributed by atoms with E-state index in [1.165, 1.54) is 0 Å². The zero-order chi connectivity index (χ0) is 14.8. The predicted molar refractivity (Wildman–Crippen MR) is 85.6 cm³/mol. The fourth-order valence-electron chi connectivity index (χ4n) is 2.34. The summed E-state index contributed by atoms with van der Waals surface area (Å²) in [7, 11) is 0. The molecule has 0 unspecified atom stereocenters. The van der Waals surface area contributed by atoms with Crippen molar-refractivity contribution in [3.05, 3.63) is 52.4 Å². The first-order valence-corrected chi connectivity index (χ1v) is 7.03. The van der Waals surface area contributed by atoms with Crippen molar-refractivity contribution in [1.82, 2.24) is 15.0 Å². The molecule has 0 saturated heterocycles. The summed E-state index contributed by atoms with van der Waals surface area (Å²) in [6, 6.07) is 10.1. The molecule has 0 aliphatic heterocycles. The standard InChI is InChI=1S/C17H19N3O/c1-4-21-17-10-15(14-8-6-12(3)19-14)20-16(17)9-13-7-5-11(2)18-13/h5-10,18-20H,2,4H2,1,3H3. The van der Waals surface area contributed by atoms with Crippen LogP contribution in [0.2, 0.25) is 0 Å². The Kier molecular flexibility index (Phi) is 3.44. The van der Waals surface area contributed by atoms with Gasteiger partial charge in [0.25, 0.3) is 0 Å². The van der Waals surface area contributed by atoms with Crippen LogP contribution in [0.1, 0.15) is 18.3 Å². The first-order chi connectivity index (χ1) is 10.2. The monoisotopic (exact) mass is 281 g/mol. The molecule has 0 bridgehead atoms. The predicted octanol–water partition coefficient (Wildman–Crippen LogP) is 2.28. The molecule has 0 amide bonds. The van der Waals surface area contributed by atoms with Crippen molar-refractivity contribution < 1.29 is 4.74 Å². The molecule has 21 heavy (non-hydrogen) atoms. The second-order valence-corrected chi connectivity index (χ2v) is 5.03. The smallest absolute Gasteiger partial charge is 0.144 e. The molecule has 0 atom stereocenters. The topological polar surface area (TPSA) is 56.6 Å². The maximum atomic E-state index is 5.72. The Morgan fingerprint density at radius 3 is 2.57 bits per heavy atom. The minimum atomic E-state index is 0.632. The minimum Gasteiger partial charge on any atom is -0.492 e. The zero-order valence-corrected chi connectivity index (χ0v) is 12.3. The third-order valence-electron chi connectivity index (χ3n) is 3.30. The number of H-pyrrole nitrogens is 3. The summed E-state index contributed by atoms with van der Waals surface area (Å²) in [5.74, 6) is 0.847. The van der Waals surface area contributed by atoms with Gasteiger partial charge in [-0.25, -0.2) is 0 Å². The lowest BCUT2D eigenvalue weighted by Crippen LogP contribution is -2.07. The summed E-state index contributed by atoms with van der Waals surface area (Å²) >= 11 is 0. The highest BCUT2D eigenvalue weighted by Crippen LogP contribution is 2.27. The largest absolute Gasteiger partial charge is 0.492 e. The number of nitrogens with one attached hydrogen (secondary N) is 3. The third-order valence-corrected chi connectivity index (χ3v) is 3.30. The maximum absolute atomic E-state index is 5.72. The van der Waals surface area contributed by atoms with Crippen LogP contribution in [0.3, 0.4) is 0 Å². The van der Waals surface area contributed by atoms with Gasteiger partial charge in [-0.3, -0.25) is 0 Å². The maximum Gasteiger partial charge on any atom is 0.144 e. The van der Waals surface area contributed by atoms with Gasteiger partial charge in [0, 0.05) is 22.5 Å². The number of hydrogen-bond donors (Lipinski definition) is 3. The van der Waals surface area contributed by atoms with Gasteiger partial charge in [-0.1, -0.05) is 6.58 Å². The van der Waals surface area contributed by atoms with Crippen molar-refractivity contribution in [2.75, 3.05) is 6.61 Å². The lowest BCUT2D eigenvalue weighted by molar-refractivity contribution is 0.340. The summed E-state index contributed by atoms with van der Waals surface area (Å²) in [6.45, 7) is 8.53. The van der Waals surface area contributed by atoms with Gasteiger partial charge in [-0.2, -0.15) is 0 Å². The molecule has 3 rings (SSSR count). The fraction of sp³-hybridized carbons (Fsp3) is 0.176. The number of aromatic amines is 3. The Labute approximate surface area is 123 Å². The molecule has 3 N–H and O–H groups in total. The van der Waals surface area contributed by atoms with E-state index in [9.17, 15) is 0 Å². The van der Waals surface area contributed by atoms with E-state index in [1.54, 1.807) is 0 Å². The molecule has 0 spiro atoms. The van der Waals surface area contributed by atoms with Crippen molar-refractivity contribution in [3.63, 3.8) is 0 Å². The van der Waals surface area contributed by atoms with Gasteiger partial charge in [-0.05, 0) is 44.2 Å². The van der Waals surface area contributed by atoms with Crippen LogP contribution in [-0.2, 0) is 0 Å². The van der Waals surface area contributed by atoms with Gasteiger partial charge < -0.3 is 19.7 Å². The van der Waals surface area contributed by atoms with Gasteiger partial charge in [0.05, 0.1) is 23.7 Å². The molecule has 108 valence electrons. The molecule has 4 nitrogen and oxygen atoms in total. The van der Waals surface area contributed by atoms with Crippen LogP contribution in [-0.4, -0.2) is 21.6 Å². The van der Waals surface area contributed by atoms with Crippen molar-refractivity contribution in [2.24, 2.45) is 0 Å². The lowest BCUT2D eigenvalue weighted by atomic mass is 10.3. The Morgan fingerprint density at radius 1 is 1.10 bits per heavy atom. The second kappa shape index (κ2) is 5.40. The van der Waals surface area contributed by atoms with Gasteiger partial charge in [0.1, 0.15) is 5.75 Å². The number of rotatable bonds is 4. The quantitative estimate of drug-likeness (QED) is 0.675. The van der Waals surface area contributed by atoms with Gasteiger partial charge >= 0.3 is 0 Å². The molecule has 0 aliphatic carbocycles. The molecule has 3 heterocycles. The molecule has 0 fully saturated rings. The van der Waals surface area contributed by atoms with Crippen molar-refractivity contribution in [1.29, 1.82) is 0 Å². The van der Waals surface area contributed by atoms with Crippen LogP contribution in [0, 0.1) is 6.92 Å². The van der Waals surface area contributed by atoms with E-state index in [0.717, 1.165) is 39.2 Å². The molecule has 0 radical (unpaired) electrons. The molecule has 0 aliphatic rings. The summed E-state index contributed by atoms with van der Waals surface area (Å²) in [4.78, 5) is 9.92. The second-order valence-electron chi connectivity index (χ2n) is 5.03. The first-order valence-electron chi connectivity index (χ1n) is 7.03. The van der Waals surface area contributed by atoms with E-state index in [2.05, 4.69) is 33.7 Å². The van der Waals surface area contributed by atoms with Crippen LogP contribution in [0.15, 0.2) is 30.3 Å². The normalized spacial score (nSPS) is 12.0. The molecule has 3 aromatic rings. The van der Waals surface area contributed by atoms with Crippen LogP contribution in [0.25, 0.3) is 24.0 Å². The highest BCUT2D eigenvalue weighted by molar-refractivity contribution is 5.65. The summed E-state index contributed by atoms with van der Waals surface area (Å²) in [6.07, 6.45) is 2.03. The Bertz CT molecular complexity index is 851. The summed E-state index contributed by atoms with van der Waals surface area (Å²) in [5, 5.41) is 1.89. The van der Waals surface area contributed by atoms with Crippen molar-refractivity contribution in [2.45, 2.75) is 13.8 Å². The van der Waals surface area contributed by atoms with Crippen molar-refractivity contribution in [3.8, 4) is 17.1 Å². The van der Waals surface area contributed by atoms with Crippen LogP contribution in [0.5, 0.6) is 5.75 Å². The fourth-order valence-corrected chi connectivity index (χ4v) is 2.34. The molecule has 3 aromatic heterocycles. The van der Waals surface area contributed by atoms with Crippen LogP contribution in [0.4, 0.5) is 0 Å². The van der Waals surface area contributed by atoms with Crippen molar-refractivity contribution >= 4 is 12.7 Å². The molecule has 0 aromatic carbocycles. The van der Waals surface area contributed by atoms with E-state index < -0.39 is 0 Å². The molecular weight excluding hydrogens is 262 g/mol. The highest BCUT2D eigenvalue weighted by Gasteiger charge is 2.10. The zero-order valence-electron chi connectivity index (χ0n) is 12.3. The van der Waals surface area contributed by atoms with Gasteiger partial charge in [-0.15, -0.1) is 0 Å². The number of hydrogen-bond acceptors (Lipinski definition) is 1. The van der Waals surface area contributed by atoms with E-state index in [4.69, 9.17) is 4.74 Å². The SMILES string of the molecule is C=c1ccc(=Cc2[nH]c(-c3ccc(C)[nH]3)cc2OCC)[nH]1. The lowest BCUT2D eigenvalue weighted by Gasteiger charge is -1.99. The Hall–Kier alpha value is -2.62. The Morgan fingerprint density at radius 2 is 1.95 bits per heavy atom. The molecule has 0 saturated carbocycles. The number of aromatic nitrogens is 3. The van der Waals surface area contributed by atoms with Crippen LogP contribution >= 0.6 is 0 Å². The van der Waals surface area contributed by atoms with Gasteiger partial charge in [0.15, 0.2) is 0 Å². The molecule has 4 heteroatoms. The summed E-state index contributed by atoms with van der Waals surface area (Å²) in [5.41, 5.74) is 4.15. The Balaban J connectivity index is 2.06. The van der Waals surface area contributed by atoms with E-state index in [0.29, 0.717) is 6.61 Å². The average Bonchev–Trinajstić information content (AvgIpc) is 3.13. The molecular formula is C17H19N3O. The third kappa shape index (κ3) is 2.79. The average molecular weight is 281 g/mol. The first kappa shape index (κ1) is 13.4. The van der Waals surface area contributed by atoms with E-state index in [-0.39, 0.29) is 0 Å². The summed E-state index contributed by atoms with van der Waals surface area (Å²) < 4.78 is 5.72. The highest BCUT2D eigenvalue weighted by atomic mass is 16.5. The van der Waals surface area contributed by atoms with E-state index in [1.807, 2.05) is 38.1 Å². The van der Waals surface area contributed by atoms with Crippen LogP contribution < -0.4 is 15.4 Å². The van der Waals surface area contributed by atoms with Gasteiger partial charge in [0.2, 0.25) is 0 Å². The minimum absolute atomic E-state index is 0.632.